The standard InChI is InChI=1S/C23H36N4O3/c1-2-13-30-19-7-6-10-25(16-19)17-23(29)26-12-9-18(15-26)20-14-22(28)27-11-5-3-4-8-21(27)24-20/h14,18-19H,2-13,15-17H2,1H3/t18-,19-/m1/s1. The van der Waals surface area contributed by atoms with E-state index < -0.39 is 0 Å². The molecule has 0 spiro atoms. The number of piperidine rings is 1. The zero-order valence-electron chi connectivity index (χ0n) is 18.4. The summed E-state index contributed by atoms with van der Waals surface area (Å²) in [5.41, 5.74) is 0.961. The van der Waals surface area contributed by atoms with Crippen molar-refractivity contribution in [3.8, 4) is 0 Å². The zero-order valence-corrected chi connectivity index (χ0v) is 18.4. The van der Waals surface area contributed by atoms with Crippen molar-refractivity contribution in [1.82, 2.24) is 19.4 Å². The first kappa shape index (κ1) is 21.5. The topological polar surface area (TPSA) is 67.7 Å². The highest BCUT2D eigenvalue weighted by Crippen LogP contribution is 2.26. The molecule has 2 saturated heterocycles. The molecule has 0 aromatic carbocycles. The second-order valence-electron chi connectivity index (χ2n) is 9.09. The number of carbonyl (C=O) groups excluding carboxylic acids is 1. The molecule has 0 saturated carbocycles. The van der Waals surface area contributed by atoms with Gasteiger partial charge in [0.1, 0.15) is 5.82 Å². The van der Waals surface area contributed by atoms with E-state index in [1.165, 1.54) is 0 Å². The van der Waals surface area contributed by atoms with E-state index in [9.17, 15) is 9.59 Å². The van der Waals surface area contributed by atoms with Crippen LogP contribution in [0.15, 0.2) is 10.9 Å². The quantitative estimate of drug-likeness (QED) is 0.711. The minimum atomic E-state index is 0.0770. The van der Waals surface area contributed by atoms with E-state index in [-0.39, 0.29) is 23.5 Å². The minimum absolute atomic E-state index is 0.0770. The van der Waals surface area contributed by atoms with E-state index in [1.54, 1.807) is 6.07 Å². The Labute approximate surface area is 179 Å². The number of carbonyl (C=O) groups is 1. The van der Waals surface area contributed by atoms with Crippen LogP contribution in [0.5, 0.6) is 0 Å². The maximum atomic E-state index is 12.9. The van der Waals surface area contributed by atoms with Crippen LogP contribution in [-0.2, 0) is 22.5 Å². The van der Waals surface area contributed by atoms with Gasteiger partial charge >= 0.3 is 0 Å². The molecule has 3 aliphatic heterocycles. The molecule has 2 atom stereocenters. The Bertz CT molecular complexity index is 793. The molecular weight excluding hydrogens is 380 g/mol. The molecule has 0 N–H and O–H groups in total. The number of rotatable bonds is 6. The first-order chi connectivity index (χ1) is 14.6. The van der Waals surface area contributed by atoms with Crippen molar-refractivity contribution < 1.29 is 9.53 Å². The predicted molar refractivity (Wildman–Crippen MR) is 116 cm³/mol. The van der Waals surface area contributed by atoms with Crippen molar-refractivity contribution in [2.75, 3.05) is 39.3 Å². The molecular formula is C23H36N4O3. The smallest absolute Gasteiger partial charge is 0.253 e. The molecule has 166 valence electrons. The molecule has 1 aromatic rings. The number of hydrogen-bond donors (Lipinski definition) is 0. The number of fused-ring (bicyclic) bond motifs is 1. The van der Waals surface area contributed by atoms with Gasteiger partial charge in [-0.3, -0.25) is 19.1 Å². The van der Waals surface area contributed by atoms with Crippen molar-refractivity contribution in [1.29, 1.82) is 0 Å². The molecule has 0 unspecified atom stereocenters. The van der Waals surface area contributed by atoms with Crippen molar-refractivity contribution in [2.45, 2.75) is 76.9 Å². The number of aromatic nitrogens is 2. The maximum Gasteiger partial charge on any atom is 0.253 e. The van der Waals surface area contributed by atoms with Gasteiger partial charge in [0.05, 0.1) is 18.3 Å². The highest BCUT2D eigenvalue weighted by molar-refractivity contribution is 5.78. The number of amides is 1. The van der Waals surface area contributed by atoms with E-state index in [2.05, 4.69) is 11.8 Å². The molecule has 4 heterocycles. The lowest BCUT2D eigenvalue weighted by Crippen LogP contribution is -2.45. The van der Waals surface area contributed by atoms with Gasteiger partial charge in [-0.2, -0.15) is 0 Å². The molecule has 0 radical (unpaired) electrons. The van der Waals surface area contributed by atoms with Crippen LogP contribution >= 0.6 is 0 Å². The van der Waals surface area contributed by atoms with Gasteiger partial charge in [-0.25, -0.2) is 4.98 Å². The molecule has 2 fully saturated rings. The van der Waals surface area contributed by atoms with Crippen LogP contribution < -0.4 is 5.56 Å². The van der Waals surface area contributed by atoms with Gasteiger partial charge in [0.25, 0.3) is 5.56 Å². The Balaban J connectivity index is 1.34. The third-order valence-corrected chi connectivity index (χ3v) is 6.73. The number of aryl methyl sites for hydroxylation is 1. The van der Waals surface area contributed by atoms with Gasteiger partial charge in [0.15, 0.2) is 0 Å². The second kappa shape index (κ2) is 10.1. The third kappa shape index (κ3) is 5.11. The summed E-state index contributed by atoms with van der Waals surface area (Å²) in [4.78, 5) is 34.6. The fourth-order valence-corrected chi connectivity index (χ4v) is 5.04. The Morgan fingerprint density at radius 1 is 1.13 bits per heavy atom. The summed E-state index contributed by atoms with van der Waals surface area (Å²) in [6.07, 6.45) is 8.57. The number of ether oxygens (including phenoxy) is 1. The Morgan fingerprint density at radius 3 is 2.90 bits per heavy atom. The van der Waals surface area contributed by atoms with Gasteiger partial charge in [-0.1, -0.05) is 13.3 Å². The fourth-order valence-electron chi connectivity index (χ4n) is 5.04. The van der Waals surface area contributed by atoms with Crippen molar-refractivity contribution in [3.63, 3.8) is 0 Å². The van der Waals surface area contributed by atoms with Crippen molar-refractivity contribution >= 4 is 5.91 Å². The largest absolute Gasteiger partial charge is 0.377 e. The van der Waals surface area contributed by atoms with Crippen LogP contribution in [0.3, 0.4) is 0 Å². The van der Waals surface area contributed by atoms with Gasteiger partial charge < -0.3 is 9.64 Å². The van der Waals surface area contributed by atoms with Crippen LogP contribution in [0.2, 0.25) is 0 Å². The molecule has 1 amide bonds. The van der Waals surface area contributed by atoms with Gasteiger partial charge in [0.2, 0.25) is 5.91 Å². The average molecular weight is 417 g/mol. The average Bonchev–Trinajstić information content (AvgIpc) is 3.12. The van der Waals surface area contributed by atoms with E-state index >= 15 is 0 Å². The first-order valence-corrected chi connectivity index (χ1v) is 11.9. The van der Waals surface area contributed by atoms with E-state index in [1.807, 2.05) is 9.47 Å². The number of likely N-dealkylation sites (tertiary alicyclic amines) is 2. The van der Waals surface area contributed by atoms with Gasteiger partial charge in [-0.15, -0.1) is 0 Å². The van der Waals surface area contributed by atoms with Crippen molar-refractivity contribution in [3.05, 3.63) is 27.9 Å². The van der Waals surface area contributed by atoms with Gasteiger partial charge in [-0.05, 0) is 45.1 Å². The molecule has 4 rings (SSSR count). The fraction of sp³-hybridized carbons (Fsp3) is 0.783. The first-order valence-electron chi connectivity index (χ1n) is 11.9. The minimum Gasteiger partial charge on any atom is -0.377 e. The van der Waals surface area contributed by atoms with E-state index in [0.717, 1.165) is 95.7 Å². The monoisotopic (exact) mass is 416 g/mol. The molecule has 0 bridgehead atoms. The summed E-state index contributed by atoms with van der Waals surface area (Å²) in [6, 6.07) is 1.72. The molecule has 30 heavy (non-hydrogen) atoms. The summed E-state index contributed by atoms with van der Waals surface area (Å²) < 4.78 is 7.75. The molecule has 0 aliphatic carbocycles. The Hall–Kier alpha value is -1.73. The van der Waals surface area contributed by atoms with Crippen molar-refractivity contribution in [2.24, 2.45) is 0 Å². The summed E-state index contributed by atoms with van der Waals surface area (Å²) in [5, 5.41) is 0. The molecule has 3 aliphatic rings. The van der Waals surface area contributed by atoms with Gasteiger partial charge in [0, 0.05) is 51.2 Å². The summed E-state index contributed by atoms with van der Waals surface area (Å²) >= 11 is 0. The van der Waals surface area contributed by atoms with E-state index in [4.69, 9.17) is 9.72 Å². The second-order valence-corrected chi connectivity index (χ2v) is 9.09. The Kier molecular flexibility index (Phi) is 7.20. The summed E-state index contributed by atoms with van der Waals surface area (Å²) in [5.74, 6) is 1.31. The predicted octanol–water partition coefficient (Wildman–Crippen LogP) is 2.18. The maximum absolute atomic E-state index is 12.9. The molecule has 7 nitrogen and oxygen atoms in total. The summed E-state index contributed by atoms with van der Waals surface area (Å²) in [6.45, 7) is 7.44. The lowest BCUT2D eigenvalue weighted by atomic mass is 10.0. The highest BCUT2D eigenvalue weighted by atomic mass is 16.5. The lowest BCUT2D eigenvalue weighted by molar-refractivity contribution is -0.132. The van der Waals surface area contributed by atoms with Crippen LogP contribution in [0, 0.1) is 0 Å². The van der Waals surface area contributed by atoms with Crippen LogP contribution in [-0.4, -0.2) is 70.7 Å². The van der Waals surface area contributed by atoms with Crippen LogP contribution in [0.1, 0.15) is 69.3 Å². The summed E-state index contributed by atoms with van der Waals surface area (Å²) in [7, 11) is 0. The van der Waals surface area contributed by atoms with Crippen LogP contribution in [0.25, 0.3) is 0 Å². The van der Waals surface area contributed by atoms with Crippen LogP contribution in [0.4, 0.5) is 0 Å². The molecule has 1 aromatic heterocycles. The highest BCUT2D eigenvalue weighted by Gasteiger charge is 2.31. The Morgan fingerprint density at radius 2 is 2.03 bits per heavy atom. The van der Waals surface area contributed by atoms with E-state index in [0.29, 0.717) is 13.1 Å². The molecule has 7 heteroatoms. The SMILES string of the molecule is CCCO[C@@H]1CCCN(CC(=O)N2CC[C@@H](c3cc(=O)n4c(n3)CCCCC4)C2)C1. The number of hydrogen-bond acceptors (Lipinski definition) is 5. The lowest BCUT2D eigenvalue weighted by Gasteiger charge is -2.33. The normalized spacial score (nSPS) is 25.2. The number of nitrogens with zero attached hydrogens (tertiary/aromatic N) is 4. The third-order valence-electron chi connectivity index (χ3n) is 6.73. The zero-order chi connectivity index (χ0) is 20.9.